The quantitative estimate of drug-likeness (QED) is 0.199. The van der Waals surface area contributed by atoms with Gasteiger partial charge in [0.2, 0.25) is 0 Å². The maximum atomic E-state index is 13.1. The first-order valence-electron chi connectivity index (χ1n) is 10.4. The number of methoxy groups -OCH3 is 1. The van der Waals surface area contributed by atoms with E-state index >= 15 is 0 Å². The molecule has 0 atom stereocenters. The van der Waals surface area contributed by atoms with Gasteiger partial charge in [0.05, 0.1) is 27.7 Å². The summed E-state index contributed by atoms with van der Waals surface area (Å²) in [5.41, 5.74) is 1.84. The number of rotatable bonds is 7. The second-order valence-electron chi connectivity index (χ2n) is 7.49. The van der Waals surface area contributed by atoms with Crippen LogP contribution in [-0.2, 0) is 9.59 Å². The maximum Gasteiger partial charge on any atom is 0.270 e. The Balaban J connectivity index is 1.45. The Morgan fingerprint density at radius 1 is 1.05 bits per heavy atom. The summed E-state index contributed by atoms with van der Waals surface area (Å²) in [6, 6.07) is 15.4. The number of anilines is 2. The Kier molecular flexibility index (Phi) is 9.20. The lowest BCUT2D eigenvalue weighted by Crippen LogP contribution is -2.27. The minimum atomic E-state index is -0.360. The van der Waals surface area contributed by atoms with Crippen LogP contribution in [0.2, 0.25) is 10.0 Å². The summed E-state index contributed by atoms with van der Waals surface area (Å²) in [6.45, 7) is -0.238. The van der Waals surface area contributed by atoms with Gasteiger partial charge in [-0.2, -0.15) is 0 Å². The number of amides is 2. The zero-order chi connectivity index (χ0) is 26.7. The number of carbonyl (C=O) groups is 2. The molecule has 1 N–H and O–H groups in total. The van der Waals surface area contributed by atoms with Crippen LogP contribution in [0, 0.1) is 0 Å². The Bertz CT molecular complexity index is 1450. The molecule has 2 amide bonds. The third-order valence-electron chi connectivity index (χ3n) is 5.00. The lowest BCUT2D eigenvalue weighted by molar-refractivity contribution is -0.118. The SMILES string of the molecule is COc1cc(C=C2SC(=S)N(c3ccc(Br)c(Cl)c3)C2=O)ccc1OCC(=O)Nc1ccc(Br)c(Cl)c1. The molecule has 12 heteroatoms. The molecular weight excluding hydrogens is 687 g/mol. The third-order valence-corrected chi connectivity index (χ3v) is 8.77. The minimum absolute atomic E-state index is 0.238. The number of thiocarbonyl (C=S) groups is 1. The van der Waals surface area contributed by atoms with Crippen LogP contribution < -0.4 is 19.7 Å². The highest BCUT2D eigenvalue weighted by Crippen LogP contribution is 2.39. The fourth-order valence-electron chi connectivity index (χ4n) is 3.27. The van der Waals surface area contributed by atoms with Crippen molar-refractivity contribution in [2.24, 2.45) is 0 Å². The molecule has 6 nitrogen and oxygen atoms in total. The number of hydrogen-bond donors (Lipinski definition) is 1. The predicted octanol–water partition coefficient (Wildman–Crippen LogP) is 7.95. The molecule has 3 aromatic rings. The van der Waals surface area contributed by atoms with Crippen molar-refractivity contribution >= 4 is 113 Å². The number of carbonyl (C=O) groups excluding carboxylic acids is 2. The molecule has 1 fully saturated rings. The molecule has 1 heterocycles. The van der Waals surface area contributed by atoms with E-state index in [1.807, 2.05) is 0 Å². The van der Waals surface area contributed by atoms with Crippen LogP contribution in [0.25, 0.3) is 6.08 Å². The van der Waals surface area contributed by atoms with Gasteiger partial charge in [-0.15, -0.1) is 0 Å². The Morgan fingerprint density at radius 3 is 2.43 bits per heavy atom. The Labute approximate surface area is 249 Å². The summed E-state index contributed by atoms with van der Waals surface area (Å²) in [4.78, 5) is 27.3. The lowest BCUT2D eigenvalue weighted by Gasteiger charge is -2.15. The standard InChI is InChI=1S/C25H16Br2Cl2N2O4S2/c1-34-21-8-13(2-7-20(21)35-12-23(32)30-14-3-5-16(26)18(28)10-14)9-22-24(33)31(25(36)37-22)15-4-6-17(27)19(29)11-15/h2-11H,12H2,1H3,(H,30,32). The number of benzene rings is 3. The highest BCUT2D eigenvalue weighted by molar-refractivity contribution is 9.10. The molecule has 1 saturated heterocycles. The van der Waals surface area contributed by atoms with Gasteiger partial charge in [0.15, 0.2) is 22.4 Å². The molecule has 3 aromatic carbocycles. The number of nitrogens with one attached hydrogen (secondary N) is 1. The van der Waals surface area contributed by atoms with Gasteiger partial charge in [-0.05, 0) is 92.0 Å². The Morgan fingerprint density at radius 2 is 1.76 bits per heavy atom. The van der Waals surface area contributed by atoms with Crippen LogP contribution in [0.1, 0.15) is 5.56 Å². The third kappa shape index (κ3) is 6.68. The van der Waals surface area contributed by atoms with Crippen molar-refractivity contribution in [1.29, 1.82) is 0 Å². The van der Waals surface area contributed by atoms with E-state index in [1.165, 1.54) is 23.8 Å². The van der Waals surface area contributed by atoms with Crippen LogP contribution >= 0.6 is 79.0 Å². The van der Waals surface area contributed by atoms with Gasteiger partial charge in [0, 0.05) is 14.6 Å². The molecule has 4 rings (SSSR count). The van der Waals surface area contributed by atoms with Crippen molar-refractivity contribution in [2.75, 3.05) is 23.9 Å². The van der Waals surface area contributed by atoms with Crippen molar-refractivity contribution in [3.05, 3.63) is 84.1 Å². The number of thioether (sulfide) groups is 1. The molecule has 0 bridgehead atoms. The number of hydrogen-bond acceptors (Lipinski definition) is 6. The number of ether oxygens (including phenoxy) is 2. The molecule has 0 unspecified atom stereocenters. The van der Waals surface area contributed by atoms with E-state index in [1.54, 1.807) is 60.7 Å². The Hall–Kier alpha value is -2.08. The zero-order valence-electron chi connectivity index (χ0n) is 18.9. The fraction of sp³-hybridized carbons (Fsp3) is 0.0800. The molecule has 0 saturated carbocycles. The van der Waals surface area contributed by atoms with Crippen LogP contribution in [0.4, 0.5) is 11.4 Å². The van der Waals surface area contributed by atoms with Crippen LogP contribution in [0.15, 0.2) is 68.4 Å². The van der Waals surface area contributed by atoms with E-state index in [0.717, 1.165) is 8.95 Å². The van der Waals surface area contributed by atoms with Crippen LogP contribution in [-0.4, -0.2) is 29.9 Å². The summed E-state index contributed by atoms with van der Waals surface area (Å²) in [7, 11) is 1.49. The second kappa shape index (κ2) is 12.2. The normalized spacial score (nSPS) is 14.3. The molecule has 37 heavy (non-hydrogen) atoms. The first kappa shape index (κ1) is 27.9. The van der Waals surface area contributed by atoms with Crippen molar-refractivity contribution in [2.45, 2.75) is 0 Å². The van der Waals surface area contributed by atoms with E-state index in [4.69, 9.17) is 44.9 Å². The van der Waals surface area contributed by atoms with Gasteiger partial charge in [-0.3, -0.25) is 14.5 Å². The van der Waals surface area contributed by atoms with E-state index < -0.39 is 0 Å². The van der Waals surface area contributed by atoms with E-state index in [-0.39, 0.29) is 18.4 Å². The molecule has 0 aliphatic carbocycles. The topological polar surface area (TPSA) is 67.9 Å². The van der Waals surface area contributed by atoms with E-state index in [0.29, 0.717) is 47.7 Å². The number of nitrogens with zero attached hydrogens (tertiary/aromatic N) is 1. The minimum Gasteiger partial charge on any atom is -0.493 e. The first-order chi connectivity index (χ1) is 17.7. The second-order valence-corrected chi connectivity index (χ2v) is 11.7. The summed E-state index contributed by atoms with van der Waals surface area (Å²) in [6.07, 6.45) is 1.72. The largest absolute Gasteiger partial charge is 0.493 e. The molecular formula is C25H16Br2Cl2N2O4S2. The lowest BCUT2D eigenvalue weighted by atomic mass is 10.2. The van der Waals surface area contributed by atoms with Crippen molar-refractivity contribution in [3.63, 3.8) is 0 Å². The smallest absolute Gasteiger partial charge is 0.270 e. The summed E-state index contributed by atoms with van der Waals surface area (Å²) >= 11 is 25.5. The van der Waals surface area contributed by atoms with Crippen LogP contribution in [0.3, 0.4) is 0 Å². The van der Waals surface area contributed by atoms with E-state index in [2.05, 4.69) is 37.2 Å². The first-order valence-corrected chi connectivity index (χ1v) is 14.0. The van der Waals surface area contributed by atoms with Gasteiger partial charge in [-0.1, -0.05) is 53.2 Å². The summed E-state index contributed by atoms with van der Waals surface area (Å²) in [5, 5.41) is 3.68. The summed E-state index contributed by atoms with van der Waals surface area (Å²) in [5.74, 6) is 0.169. The number of halogens is 4. The zero-order valence-corrected chi connectivity index (χ0v) is 25.2. The highest BCUT2D eigenvalue weighted by atomic mass is 79.9. The van der Waals surface area contributed by atoms with Crippen LogP contribution in [0.5, 0.6) is 11.5 Å². The van der Waals surface area contributed by atoms with Gasteiger partial charge < -0.3 is 14.8 Å². The maximum absolute atomic E-state index is 13.1. The average Bonchev–Trinajstić information content (AvgIpc) is 3.14. The van der Waals surface area contributed by atoms with Gasteiger partial charge in [0.25, 0.3) is 11.8 Å². The predicted molar refractivity (Wildman–Crippen MR) is 161 cm³/mol. The average molecular weight is 703 g/mol. The fourth-order valence-corrected chi connectivity index (χ4v) is 5.42. The van der Waals surface area contributed by atoms with Gasteiger partial charge in [-0.25, -0.2) is 0 Å². The molecule has 0 aromatic heterocycles. The molecule has 190 valence electrons. The highest BCUT2D eigenvalue weighted by Gasteiger charge is 2.33. The van der Waals surface area contributed by atoms with Gasteiger partial charge >= 0.3 is 0 Å². The van der Waals surface area contributed by atoms with Gasteiger partial charge in [0.1, 0.15) is 0 Å². The summed E-state index contributed by atoms with van der Waals surface area (Å²) < 4.78 is 13.0. The molecule has 1 aliphatic heterocycles. The molecule has 0 radical (unpaired) electrons. The molecule has 0 spiro atoms. The molecule has 1 aliphatic rings. The monoisotopic (exact) mass is 700 g/mol. The van der Waals surface area contributed by atoms with E-state index in [9.17, 15) is 9.59 Å². The van der Waals surface area contributed by atoms with Crippen molar-refractivity contribution in [1.82, 2.24) is 0 Å². The van der Waals surface area contributed by atoms with Crippen molar-refractivity contribution < 1.29 is 19.1 Å². The van der Waals surface area contributed by atoms with Crippen molar-refractivity contribution in [3.8, 4) is 11.5 Å².